The zero-order valence-electron chi connectivity index (χ0n) is 11.9. The van der Waals surface area contributed by atoms with Crippen molar-refractivity contribution in [2.45, 2.75) is 26.3 Å². The summed E-state index contributed by atoms with van der Waals surface area (Å²) in [5, 5.41) is 3.45. The van der Waals surface area contributed by atoms with Crippen LogP contribution in [-0.2, 0) is 0 Å². The number of pyridine rings is 1. The summed E-state index contributed by atoms with van der Waals surface area (Å²) >= 11 is 0. The lowest BCUT2D eigenvalue weighted by molar-refractivity contribution is 0.338. The fraction of sp³-hybridized carbons (Fsp3) is 0.400. The lowest BCUT2D eigenvalue weighted by Gasteiger charge is -2.17. The van der Waals surface area contributed by atoms with E-state index in [0.717, 1.165) is 30.1 Å². The van der Waals surface area contributed by atoms with E-state index in [-0.39, 0.29) is 6.04 Å². The summed E-state index contributed by atoms with van der Waals surface area (Å²) in [6, 6.07) is 3.74. The Labute approximate surface area is 119 Å². The number of nitrogens with zero attached hydrogens (tertiary/aromatic N) is 3. The molecule has 0 aliphatic carbocycles. The highest BCUT2D eigenvalue weighted by atomic mass is 16.5. The van der Waals surface area contributed by atoms with Crippen LogP contribution in [0.25, 0.3) is 0 Å². The summed E-state index contributed by atoms with van der Waals surface area (Å²) in [4.78, 5) is 12.9. The normalized spacial score (nSPS) is 12.1. The van der Waals surface area contributed by atoms with Gasteiger partial charge in [-0.25, -0.2) is 9.97 Å². The third-order valence-corrected chi connectivity index (χ3v) is 2.82. The van der Waals surface area contributed by atoms with Gasteiger partial charge in [0, 0.05) is 18.6 Å². The van der Waals surface area contributed by atoms with Crippen molar-refractivity contribution in [2.24, 2.45) is 0 Å². The molecule has 2 heterocycles. The first kappa shape index (κ1) is 14.4. The highest BCUT2D eigenvalue weighted by molar-refractivity contribution is 5.29. The maximum Gasteiger partial charge on any atom is 0.149 e. The van der Waals surface area contributed by atoms with Gasteiger partial charge < -0.3 is 10.1 Å². The summed E-state index contributed by atoms with van der Waals surface area (Å²) in [7, 11) is 0. The van der Waals surface area contributed by atoms with E-state index in [2.05, 4.69) is 27.2 Å². The second-order valence-corrected chi connectivity index (χ2v) is 4.38. The van der Waals surface area contributed by atoms with Gasteiger partial charge in [-0.1, -0.05) is 6.92 Å². The van der Waals surface area contributed by atoms with Crippen molar-refractivity contribution >= 4 is 0 Å². The first-order valence-corrected chi connectivity index (χ1v) is 6.93. The smallest absolute Gasteiger partial charge is 0.149 e. The van der Waals surface area contributed by atoms with Crippen LogP contribution in [0.5, 0.6) is 5.75 Å². The van der Waals surface area contributed by atoms with Gasteiger partial charge >= 0.3 is 0 Å². The molecule has 0 bridgehead atoms. The molecular weight excluding hydrogens is 252 g/mol. The summed E-state index contributed by atoms with van der Waals surface area (Å²) < 4.78 is 5.51. The van der Waals surface area contributed by atoms with Crippen LogP contribution >= 0.6 is 0 Å². The SMILES string of the molecule is CCCNC(c1cncc(OCC)c1)c1ncccn1. The van der Waals surface area contributed by atoms with E-state index < -0.39 is 0 Å². The average Bonchev–Trinajstić information content (AvgIpc) is 2.50. The molecule has 2 rings (SSSR count). The van der Waals surface area contributed by atoms with E-state index in [1.165, 1.54) is 0 Å². The van der Waals surface area contributed by atoms with Crippen LogP contribution in [0.1, 0.15) is 37.7 Å². The number of ether oxygens (including phenoxy) is 1. The zero-order chi connectivity index (χ0) is 14.2. The summed E-state index contributed by atoms with van der Waals surface area (Å²) in [5.74, 6) is 1.51. The molecule has 0 saturated heterocycles. The van der Waals surface area contributed by atoms with Crippen molar-refractivity contribution in [3.63, 3.8) is 0 Å². The molecule has 106 valence electrons. The summed E-state index contributed by atoms with van der Waals surface area (Å²) in [5.41, 5.74) is 1.01. The van der Waals surface area contributed by atoms with Gasteiger partial charge in [0.25, 0.3) is 0 Å². The number of hydrogen-bond donors (Lipinski definition) is 1. The molecule has 0 aromatic carbocycles. The monoisotopic (exact) mass is 272 g/mol. The third-order valence-electron chi connectivity index (χ3n) is 2.82. The predicted octanol–water partition coefficient (Wildman–Crippen LogP) is 2.36. The topological polar surface area (TPSA) is 59.9 Å². The molecule has 0 amide bonds. The van der Waals surface area contributed by atoms with Crippen LogP contribution in [0.2, 0.25) is 0 Å². The highest BCUT2D eigenvalue weighted by Gasteiger charge is 2.16. The summed E-state index contributed by atoms with van der Waals surface area (Å²) in [6.07, 6.45) is 8.09. The molecule has 0 aliphatic rings. The molecule has 1 atom stereocenters. The maximum absolute atomic E-state index is 5.51. The van der Waals surface area contributed by atoms with Gasteiger partial charge in [-0.2, -0.15) is 0 Å². The first-order chi connectivity index (χ1) is 9.85. The van der Waals surface area contributed by atoms with E-state index in [9.17, 15) is 0 Å². The highest BCUT2D eigenvalue weighted by Crippen LogP contribution is 2.21. The molecule has 1 unspecified atom stereocenters. The molecule has 0 radical (unpaired) electrons. The molecule has 0 saturated carbocycles. The average molecular weight is 272 g/mol. The zero-order valence-corrected chi connectivity index (χ0v) is 11.9. The van der Waals surface area contributed by atoms with Gasteiger partial charge in [0.2, 0.25) is 0 Å². The quantitative estimate of drug-likeness (QED) is 0.838. The number of nitrogens with one attached hydrogen (secondary N) is 1. The van der Waals surface area contributed by atoms with E-state index >= 15 is 0 Å². The molecule has 2 aromatic rings. The van der Waals surface area contributed by atoms with Crippen molar-refractivity contribution < 1.29 is 4.74 Å². The van der Waals surface area contributed by atoms with Crippen LogP contribution in [0.3, 0.4) is 0 Å². The minimum Gasteiger partial charge on any atom is -0.492 e. The van der Waals surface area contributed by atoms with Crippen molar-refractivity contribution in [2.75, 3.05) is 13.2 Å². The van der Waals surface area contributed by atoms with Gasteiger partial charge in [-0.15, -0.1) is 0 Å². The lowest BCUT2D eigenvalue weighted by Crippen LogP contribution is -2.25. The van der Waals surface area contributed by atoms with E-state index in [1.807, 2.05) is 25.3 Å². The fourth-order valence-corrected chi connectivity index (χ4v) is 1.95. The number of hydrogen-bond acceptors (Lipinski definition) is 5. The third kappa shape index (κ3) is 3.74. The Bertz CT molecular complexity index is 518. The second-order valence-electron chi connectivity index (χ2n) is 4.38. The molecule has 20 heavy (non-hydrogen) atoms. The molecule has 5 heteroatoms. The van der Waals surface area contributed by atoms with Gasteiger partial charge in [0.15, 0.2) is 0 Å². The largest absolute Gasteiger partial charge is 0.492 e. The van der Waals surface area contributed by atoms with Crippen molar-refractivity contribution in [1.29, 1.82) is 0 Å². The van der Waals surface area contributed by atoms with Crippen LogP contribution in [-0.4, -0.2) is 28.1 Å². The first-order valence-electron chi connectivity index (χ1n) is 6.93. The van der Waals surface area contributed by atoms with Crippen molar-refractivity contribution in [3.8, 4) is 5.75 Å². The number of aromatic nitrogens is 3. The summed E-state index contributed by atoms with van der Waals surface area (Å²) in [6.45, 7) is 5.60. The molecule has 0 spiro atoms. The van der Waals surface area contributed by atoms with Crippen LogP contribution in [0.15, 0.2) is 36.9 Å². The Morgan fingerprint density at radius 1 is 1.20 bits per heavy atom. The van der Waals surface area contributed by atoms with E-state index in [0.29, 0.717) is 6.61 Å². The standard InChI is InChI=1S/C15H20N4O/c1-3-6-17-14(15-18-7-5-8-19-15)12-9-13(20-4-2)11-16-10-12/h5,7-11,14,17H,3-4,6H2,1-2H3. The lowest BCUT2D eigenvalue weighted by atomic mass is 10.1. The molecule has 0 aliphatic heterocycles. The van der Waals surface area contributed by atoms with Crippen LogP contribution < -0.4 is 10.1 Å². The van der Waals surface area contributed by atoms with Gasteiger partial charge in [-0.05, 0) is 37.6 Å². The van der Waals surface area contributed by atoms with Gasteiger partial charge in [-0.3, -0.25) is 4.98 Å². The Morgan fingerprint density at radius 2 is 2.00 bits per heavy atom. The Hall–Kier alpha value is -2.01. The Balaban J connectivity index is 2.28. The molecule has 1 N–H and O–H groups in total. The molecule has 2 aromatic heterocycles. The molecule has 5 nitrogen and oxygen atoms in total. The van der Waals surface area contributed by atoms with Gasteiger partial charge in [0.1, 0.15) is 11.6 Å². The van der Waals surface area contributed by atoms with E-state index in [1.54, 1.807) is 18.6 Å². The molecular formula is C15H20N4O. The Kier molecular flexibility index (Phi) is 5.43. The van der Waals surface area contributed by atoms with Crippen molar-refractivity contribution in [3.05, 3.63) is 48.3 Å². The van der Waals surface area contributed by atoms with Crippen LogP contribution in [0, 0.1) is 0 Å². The predicted molar refractivity (Wildman–Crippen MR) is 77.6 cm³/mol. The number of rotatable bonds is 7. The van der Waals surface area contributed by atoms with Crippen LogP contribution in [0.4, 0.5) is 0 Å². The minimum absolute atomic E-state index is 0.0657. The Morgan fingerprint density at radius 3 is 2.70 bits per heavy atom. The fourth-order valence-electron chi connectivity index (χ4n) is 1.95. The molecule has 0 fully saturated rings. The van der Waals surface area contributed by atoms with E-state index in [4.69, 9.17) is 4.74 Å². The van der Waals surface area contributed by atoms with Gasteiger partial charge in [0.05, 0.1) is 18.8 Å². The second kappa shape index (κ2) is 7.55. The minimum atomic E-state index is -0.0657. The van der Waals surface area contributed by atoms with Crippen molar-refractivity contribution in [1.82, 2.24) is 20.3 Å². The maximum atomic E-state index is 5.51.